The Bertz CT molecular complexity index is 4310. The molecule has 16 rings (SSSR count). The van der Waals surface area contributed by atoms with Gasteiger partial charge in [0, 0.05) is 29.1 Å². The molecular weight excluding hydrogens is 929 g/mol. The molecule has 356 valence electrons. The molecule has 77 heavy (non-hydrogen) atoms. The van der Waals surface area contributed by atoms with Crippen molar-refractivity contribution in [3.05, 3.63) is 302 Å². The van der Waals surface area contributed by atoms with E-state index in [2.05, 4.69) is 272 Å². The third-order valence-corrected chi connectivity index (χ3v) is 16.7. The van der Waals surface area contributed by atoms with Gasteiger partial charge >= 0.3 is 0 Å². The number of aromatic nitrogens is 2. The molecule has 13 aromatic rings. The van der Waals surface area contributed by atoms with Gasteiger partial charge in [-0.25, -0.2) is 4.98 Å². The van der Waals surface area contributed by atoms with E-state index in [9.17, 15) is 0 Å². The van der Waals surface area contributed by atoms with Crippen LogP contribution in [0.2, 0.25) is 0 Å². The zero-order valence-corrected chi connectivity index (χ0v) is 42.0. The number of fused-ring (bicyclic) bond motifs is 13. The molecule has 0 N–H and O–H groups in total. The van der Waals surface area contributed by atoms with Crippen LogP contribution in [-0.2, 0) is 5.41 Å². The standard InChI is InChI=1S/C75H46N2/c1-6-20-48(21-7-1)58-42-62-63-43-59(49-22-8-2-9-23-49)61(51-26-12-4-13-27-51)45-67(63)75(66(62)44-60(58)50-24-10-3-11-25-50)65-35-17-16-32-56(65)73-68(75)46-64-55-33-18-30-53-31-19-34-57(71(53)55)72(64)74(73)70-41-54(47-36-38-76-39-37-47)40-69(77-70)52-28-14-5-15-29-52/h1-46H. The summed E-state index contributed by atoms with van der Waals surface area (Å²) in [6.07, 6.45) is 3.78. The molecule has 3 aliphatic carbocycles. The van der Waals surface area contributed by atoms with Crippen LogP contribution in [0, 0.1) is 0 Å². The third-order valence-electron chi connectivity index (χ3n) is 16.7. The van der Waals surface area contributed by atoms with Crippen molar-refractivity contribution < 1.29 is 0 Å². The number of hydrogen-bond acceptors (Lipinski definition) is 2. The minimum atomic E-state index is -0.758. The zero-order chi connectivity index (χ0) is 50.6. The minimum Gasteiger partial charge on any atom is -0.265 e. The van der Waals surface area contributed by atoms with Gasteiger partial charge in [0.15, 0.2) is 0 Å². The number of hydrogen-bond donors (Lipinski definition) is 0. The van der Waals surface area contributed by atoms with E-state index in [1.807, 2.05) is 12.4 Å². The highest BCUT2D eigenvalue weighted by Gasteiger charge is 2.54. The number of rotatable bonds is 7. The van der Waals surface area contributed by atoms with Crippen molar-refractivity contribution in [3.63, 3.8) is 0 Å². The van der Waals surface area contributed by atoms with Crippen LogP contribution in [-0.4, -0.2) is 9.97 Å². The van der Waals surface area contributed by atoms with E-state index in [0.717, 1.165) is 33.6 Å². The van der Waals surface area contributed by atoms with E-state index in [1.165, 1.54) is 122 Å². The van der Waals surface area contributed by atoms with E-state index < -0.39 is 5.41 Å². The quantitative estimate of drug-likeness (QED) is 0.159. The summed E-state index contributed by atoms with van der Waals surface area (Å²) in [7, 11) is 0. The summed E-state index contributed by atoms with van der Waals surface area (Å²) in [5.74, 6) is 0. The van der Waals surface area contributed by atoms with Gasteiger partial charge in [0.2, 0.25) is 0 Å². The molecule has 0 fully saturated rings. The summed E-state index contributed by atoms with van der Waals surface area (Å²) in [6.45, 7) is 0. The maximum atomic E-state index is 5.84. The van der Waals surface area contributed by atoms with Crippen molar-refractivity contribution in [2.45, 2.75) is 5.41 Å². The molecule has 0 radical (unpaired) electrons. The first-order valence-electron chi connectivity index (χ1n) is 26.6. The second-order valence-electron chi connectivity index (χ2n) is 20.7. The fraction of sp³-hybridized carbons (Fsp3) is 0.0133. The molecule has 0 amide bonds. The molecule has 0 saturated carbocycles. The smallest absolute Gasteiger partial charge is 0.0728 e. The fourth-order valence-electron chi connectivity index (χ4n) is 13.5. The number of nitrogens with zero attached hydrogens (tertiary/aromatic N) is 2. The molecular formula is C75H46N2. The Morgan fingerprint density at radius 3 is 1.25 bits per heavy atom. The van der Waals surface area contributed by atoms with Gasteiger partial charge in [0.25, 0.3) is 0 Å². The van der Waals surface area contributed by atoms with Crippen LogP contribution in [0.15, 0.2) is 279 Å². The summed E-state index contributed by atoms with van der Waals surface area (Å²) < 4.78 is 0. The normalized spacial score (nSPS) is 12.8. The van der Waals surface area contributed by atoms with Crippen molar-refractivity contribution in [2.75, 3.05) is 0 Å². The van der Waals surface area contributed by atoms with Crippen LogP contribution < -0.4 is 0 Å². The summed E-state index contributed by atoms with van der Waals surface area (Å²) >= 11 is 0. The van der Waals surface area contributed by atoms with Crippen LogP contribution in [0.25, 0.3) is 133 Å². The van der Waals surface area contributed by atoms with Gasteiger partial charge in [-0.05, 0) is 182 Å². The molecule has 11 aromatic carbocycles. The Hall–Kier alpha value is -10.0. The Morgan fingerprint density at radius 2 is 0.688 bits per heavy atom. The SMILES string of the molecule is c1ccc(-c2cc(-c3ccncc3)cc(-c3c4c(cc5c3-c3ccccc3C53c5cc(-c6ccccc6)c(-c6ccccc6)cc5-c5cc(-c6ccccc6)c(-c6ccccc6)cc53)-c3cccc5cccc-4c35)n2)cc1. The predicted octanol–water partition coefficient (Wildman–Crippen LogP) is 19.3. The monoisotopic (exact) mass is 974 g/mol. The van der Waals surface area contributed by atoms with Gasteiger partial charge in [-0.2, -0.15) is 0 Å². The van der Waals surface area contributed by atoms with Gasteiger partial charge in [-0.3, -0.25) is 4.98 Å². The largest absolute Gasteiger partial charge is 0.265 e. The van der Waals surface area contributed by atoms with Crippen molar-refractivity contribution in [3.8, 4) is 123 Å². The fourth-order valence-corrected chi connectivity index (χ4v) is 13.5. The Balaban J connectivity index is 1.11. The topological polar surface area (TPSA) is 25.8 Å². The van der Waals surface area contributed by atoms with Gasteiger partial charge in [0.1, 0.15) is 0 Å². The molecule has 0 aliphatic heterocycles. The average Bonchev–Trinajstić information content (AvgIpc) is 4.31. The Kier molecular flexibility index (Phi) is 9.58. The van der Waals surface area contributed by atoms with Crippen LogP contribution >= 0.6 is 0 Å². The van der Waals surface area contributed by atoms with E-state index in [-0.39, 0.29) is 0 Å². The highest BCUT2D eigenvalue weighted by molar-refractivity contribution is 6.21. The van der Waals surface area contributed by atoms with Crippen LogP contribution in [0.1, 0.15) is 22.3 Å². The summed E-state index contributed by atoms with van der Waals surface area (Å²) in [4.78, 5) is 10.3. The molecule has 0 atom stereocenters. The lowest BCUT2D eigenvalue weighted by atomic mass is 9.68. The zero-order valence-electron chi connectivity index (χ0n) is 42.0. The highest BCUT2D eigenvalue weighted by atomic mass is 14.7. The number of pyridine rings is 2. The van der Waals surface area contributed by atoms with Crippen molar-refractivity contribution >= 4 is 10.8 Å². The molecule has 0 saturated heterocycles. The van der Waals surface area contributed by atoms with Crippen LogP contribution in [0.5, 0.6) is 0 Å². The molecule has 2 aromatic heterocycles. The average molecular weight is 975 g/mol. The summed E-state index contributed by atoms with van der Waals surface area (Å²) in [5.41, 5.74) is 30.1. The first kappa shape index (κ1) is 43.4. The summed E-state index contributed by atoms with van der Waals surface area (Å²) in [6, 6.07) is 99.2. The van der Waals surface area contributed by atoms with Crippen molar-refractivity contribution in [1.82, 2.24) is 9.97 Å². The lowest BCUT2D eigenvalue weighted by Crippen LogP contribution is -2.26. The van der Waals surface area contributed by atoms with Gasteiger partial charge < -0.3 is 0 Å². The van der Waals surface area contributed by atoms with Gasteiger partial charge in [0.05, 0.1) is 16.8 Å². The second kappa shape index (κ2) is 17.0. The number of benzene rings is 11. The highest BCUT2D eigenvalue weighted by Crippen LogP contribution is 2.68. The maximum Gasteiger partial charge on any atom is 0.0728 e. The Morgan fingerprint density at radius 1 is 0.234 bits per heavy atom. The second-order valence-corrected chi connectivity index (χ2v) is 20.7. The maximum absolute atomic E-state index is 5.84. The first-order chi connectivity index (χ1) is 38.2. The van der Waals surface area contributed by atoms with Crippen molar-refractivity contribution in [2.24, 2.45) is 0 Å². The minimum absolute atomic E-state index is 0.758. The van der Waals surface area contributed by atoms with E-state index in [0.29, 0.717) is 0 Å². The molecule has 1 spiro atoms. The molecule has 2 nitrogen and oxygen atoms in total. The van der Waals surface area contributed by atoms with E-state index in [4.69, 9.17) is 4.98 Å². The van der Waals surface area contributed by atoms with Gasteiger partial charge in [-0.1, -0.05) is 212 Å². The van der Waals surface area contributed by atoms with Crippen molar-refractivity contribution in [1.29, 1.82) is 0 Å². The molecule has 0 bridgehead atoms. The summed E-state index contributed by atoms with van der Waals surface area (Å²) in [5, 5.41) is 2.52. The van der Waals surface area contributed by atoms with Crippen LogP contribution in [0.3, 0.4) is 0 Å². The first-order valence-corrected chi connectivity index (χ1v) is 26.6. The Labute approximate surface area is 448 Å². The predicted molar refractivity (Wildman–Crippen MR) is 318 cm³/mol. The van der Waals surface area contributed by atoms with E-state index in [1.54, 1.807) is 0 Å². The lowest BCUT2D eigenvalue weighted by Gasteiger charge is -2.32. The molecule has 3 aliphatic rings. The molecule has 0 unspecified atom stereocenters. The third kappa shape index (κ3) is 6.43. The molecule has 2 heteroatoms. The van der Waals surface area contributed by atoms with Crippen LogP contribution in [0.4, 0.5) is 0 Å². The lowest BCUT2D eigenvalue weighted by molar-refractivity contribution is 0.795. The van der Waals surface area contributed by atoms with Gasteiger partial charge in [-0.15, -0.1) is 0 Å². The van der Waals surface area contributed by atoms with E-state index >= 15 is 0 Å². The molecule has 2 heterocycles.